The standard InChI is InChI=1S/C8H7F2N3O4/c1-17-8(14)5-4(13(15)16)2-3(6(9)10)7(11)12-5/h2,6H,1H3,(H2,11,12). The molecular formula is C8H7F2N3O4. The van der Waals surface area contributed by atoms with E-state index in [2.05, 4.69) is 9.72 Å². The normalized spacial score (nSPS) is 10.4. The highest BCUT2D eigenvalue weighted by molar-refractivity contribution is 5.92. The van der Waals surface area contributed by atoms with Gasteiger partial charge in [0.2, 0.25) is 5.69 Å². The van der Waals surface area contributed by atoms with E-state index >= 15 is 0 Å². The van der Waals surface area contributed by atoms with Gasteiger partial charge in [0, 0.05) is 6.07 Å². The molecule has 0 radical (unpaired) electrons. The average molecular weight is 247 g/mol. The minimum Gasteiger partial charge on any atom is -0.464 e. The molecule has 0 unspecified atom stereocenters. The fourth-order valence-electron chi connectivity index (χ4n) is 1.09. The second-order valence-corrected chi connectivity index (χ2v) is 2.88. The molecule has 0 atom stereocenters. The Bertz CT molecular complexity index is 478. The smallest absolute Gasteiger partial charge is 0.363 e. The number of nitrogens with zero attached hydrogens (tertiary/aromatic N) is 2. The molecule has 1 rings (SSSR count). The van der Waals surface area contributed by atoms with Crippen molar-refractivity contribution in [3.63, 3.8) is 0 Å². The number of hydrogen-bond donors (Lipinski definition) is 1. The Morgan fingerprint density at radius 1 is 1.65 bits per heavy atom. The number of nitro groups is 1. The molecule has 0 aliphatic heterocycles. The van der Waals surface area contributed by atoms with Crippen LogP contribution in [0.2, 0.25) is 0 Å². The van der Waals surface area contributed by atoms with Gasteiger partial charge in [-0.15, -0.1) is 0 Å². The lowest BCUT2D eigenvalue weighted by Crippen LogP contribution is -2.12. The summed E-state index contributed by atoms with van der Waals surface area (Å²) in [6.07, 6.45) is -3.02. The highest BCUT2D eigenvalue weighted by atomic mass is 19.3. The highest BCUT2D eigenvalue weighted by Gasteiger charge is 2.27. The van der Waals surface area contributed by atoms with Crippen LogP contribution in [0.15, 0.2) is 6.07 Å². The lowest BCUT2D eigenvalue weighted by molar-refractivity contribution is -0.385. The molecule has 2 N–H and O–H groups in total. The molecule has 1 aromatic heterocycles. The zero-order chi connectivity index (χ0) is 13.2. The SMILES string of the molecule is COC(=O)c1nc(N)c(C(F)F)cc1[N+](=O)[O-]. The molecule has 9 heteroatoms. The summed E-state index contributed by atoms with van der Waals surface area (Å²) in [7, 11) is 0.977. The minimum atomic E-state index is -3.02. The van der Waals surface area contributed by atoms with Crippen LogP contribution in [0.3, 0.4) is 0 Å². The largest absolute Gasteiger partial charge is 0.464 e. The summed E-state index contributed by atoms with van der Waals surface area (Å²) in [6, 6.07) is 0.513. The molecule has 0 bridgehead atoms. The number of carbonyl (C=O) groups excluding carboxylic acids is 1. The van der Waals surface area contributed by atoms with Gasteiger partial charge in [0.1, 0.15) is 5.82 Å². The van der Waals surface area contributed by atoms with E-state index in [1.54, 1.807) is 0 Å². The Balaban J connectivity index is 3.46. The summed E-state index contributed by atoms with van der Waals surface area (Å²) in [5.74, 6) is -1.77. The van der Waals surface area contributed by atoms with Crippen molar-refractivity contribution >= 4 is 17.5 Å². The van der Waals surface area contributed by atoms with Crippen molar-refractivity contribution in [1.82, 2.24) is 4.98 Å². The Morgan fingerprint density at radius 3 is 2.65 bits per heavy atom. The Hall–Kier alpha value is -2.32. The monoisotopic (exact) mass is 247 g/mol. The number of nitrogens with two attached hydrogens (primary N) is 1. The van der Waals surface area contributed by atoms with Crippen LogP contribution < -0.4 is 5.73 Å². The van der Waals surface area contributed by atoms with Crippen molar-refractivity contribution in [3.8, 4) is 0 Å². The number of aromatic nitrogens is 1. The molecule has 0 spiro atoms. The van der Waals surface area contributed by atoms with Crippen LogP contribution in [0.5, 0.6) is 0 Å². The van der Waals surface area contributed by atoms with Gasteiger partial charge in [0.15, 0.2) is 0 Å². The number of rotatable bonds is 3. The van der Waals surface area contributed by atoms with E-state index in [0.717, 1.165) is 7.11 Å². The van der Waals surface area contributed by atoms with E-state index in [4.69, 9.17) is 5.73 Å². The predicted octanol–water partition coefficient (Wildman–Crippen LogP) is 1.30. The molecule has 1 aromatic rings. The third-order valence-corrected chi connectivity index (χ3v) is 1.87. The van der Waals surface area contributed by atoms with Crippen molar-refractivity contribution in [2.24, 2.45) is 0 Å². The second kappa shape index (κ2) is 4.68. The first-order chi connectivity index (χ1) is 7.88. The van der Waals surface area contributed by atoms with Crippen molar-refractivity contribution in [2.45, 2.75) is 6.43 Å². The van der Waals surface area contributed by atoms with E-state index in [-0.39, 0.29) is 0 Å². The fourth-order valence-corrected chi connectivity index (χ4v) is 1.09. The fraction of sp³-hybridized carbons (Fsp3) is 0.250. The number of pyridine rings is 1. The first-order valence-corrected chi connectivity index (χ1v) is 4.19. The van der Waals surface area contributed by atoms with E-state index in [1.165, 1.54) is 0 Å². The van der Waals surface area contributed by atoms with Crippen LogP contribution in [0.1, 0.15) is 22.5 Å². The molecule has 0 aromatic carbocycles. The Morgan fingerprint density at radius 2 is 2.24 bits per heavy atom. The van der Waals surface area contributed by atoms with Crippen LogP contribution in [0.25, 0.3) is 0 Å². The summed E-state index contributed by atoms with van der Waals surface area (Å²) in [4.78, 5) is 24.0. The molecule has 17 heavy (non-hydrogen) atoms. The topological polar surface area (TPSA) is 108 Å². The van der Waals surface area contributed by atoms with Crippen LogP contribution in [-0.4, -0.2) is 23.0 Å². The average Bonchev–Trinajstić information content (AvgIpc) is 2.26. The maximum atomic E-state index is 12.4. The number of carbonyl (C=O) groups is 1. The van der Waals surface area contributed by atoms with E-state index in [9.17, 15) is 23.7 Å². The van der Waals surface area contributed by atoms with Gasteiger partial charge >= 0.3 is 11.7 Å². The molecule has 7 nitrogen and oxygen atoms in total. The predicted molar refractivity (Wildman–Crippen MR) is 51.6 cm³/mol. The maximum Gasteiger partial charge on any atom is 0.363 e. The number of halogens is 2. The quantitative estimate of drug-likeness (QED) is 0.489. The summed E-state index contributed by atoms with van der Waals surface area (Å²) in [5, 5.41) is 10.6. The van der Waals surface area contributed by atoms with Crippen molar-refractivity contribution < 1.29 is 23.2 Å². The number of esters is 1. The first-order valence-electron chi connectivity index (χ1n) is 4.19. The maximum absolute atomic E-state index is 12.4. The Kier molecular flexibility index (Phi) is 3.51. The molecule has 0 aliphatic rings. The number of anilines is 1. The van der Waals surface area contributed by atoms with Crippen molar-refractivity contribution in [2.75, 3.05) is 12.8 Å². The van der Waals surface area contributed by atoms with Gasteiger partial charge in [-0.3, -0.25) is 10.1 Å². The zero-order valence-electron chi connectivity index (χ0n) is 8.52. The van der Waals surface area contributed by atoms with E-state index < -0.39 is 40.1 Å². The van der Waals surface area contributed by atoms with Crippen LogP contribution >= 0.6 is 0 Å². The first kappa shape index (κ1) is 12.7. The van der Waals surface area contributed by atoms with Gasteiger partial charge in [0.25, 0.3) is 6.43 Å². The molecule has 0 saturated heterocycles. The van der Waals surface area contributed by atoms with Gasteiger partial charge in [-0.05, 0) is 0 Å². The van der Waals surface area contributed by atoms with Crippen LogP contribution in [0, 0.1) is 10.1 Å². The van der Waals surface area contributed by atoms with Gasteiger partial charge in [0.05, 0.1) is 17.6 Å². The van der Waals surface area contributed by atoms with Gasteiger partial charge in [-0.25, -0.2) is 18.6 Å². The van der Waals surface area contributed by atoms with Crippen molar-refractivity contribution in [3.05, 3.63) is 27.4 Å². The highest BCUT2D eigenvalue weighted by Crippen LogP contribution is 2.29. The van der Waals surface area contributed by atoms with Gasteiger partial charge in [-0.2, -0.15) is 0 Å². The minimum absolute atomic E-state index is 0.513. The third kappa shape index (κ3) is 2.44. The van der Waals surface area contributed by atoms with E-state index in [1.807, 2.05) is 0 Å². The summed E-state index contributed by atoms with van der Waals surface area (Å²) in [6.45, 7) is 0. The number of hydrogen-bond acceptors (Lipinski definition) is 6. The van der Waals surface area contributed by atoms with Crippen LogP contribution in [-0.2, 0) is 4.74 Å². The molecule has 0 saturated carbocycles. The molecule has 0 fully saturated rings. The summed E-state index contributed by atoms with van der Waals surface area (Å²) >= 11 is 0. The number of nitrogen functional groups attached to an aromatic ring is 1. The van der Waals surface area contributed by atoms with Crippen LogP contribution in [0.4, 0.5) is 20.3 Å². The molecule has 92 valence electrons. The molecule has 1 heterocycles. The van der Waals surface area contributed by atoms with Gasteiger partial charge < -0.3 is 10.5 Å². The summed E-state index contributed by atoms with van der Waals surface area (Å²) in [5.41, 5.74) is 2.78. The lowest BCUT2D eigenvalue weighted by Gasteiger charge is -2.06. The van der Waals surface area contributed by atoms with Gasteiger partial charge in [-0.1, -0.05) is 0 Å². The number of methoxy groups -OCH3 is 1. The summed E-state index contributed by atoms with van der Waals surface area (Å²) < 4.78 is 29.1. The second-order valence-electron chi connectivity index (χ2n) is 2.88. The van der Waals surface area contributed by atoms with E-state index in [0.29, 0.717) is 6.07 Å². The number of alkyl halides is 2. The molecule has 0 amide bonds. The molecular weight excluding hydrogens is 240 g/mol. The number of ether oxygens (including phenoxy) is 1. The molecule has 0 aliphatic carbocycles. The third-order valence-electron chi connectivity index (χ3n) is 1.87. The zero-order valence-corrected chi connectivity index (χ0v) is 8.52. The Labute approximate surface area is 93.3 Å². The lowest BCUT2D eigenvalue weighted by atomic mass is 10.2. The van der Waals surface area contributed by atoms with Crippen molar-refractivity contribution in [1.29, 1.82) is 0 Å².